The maximum atomic E-state index is 6.05. The first-order chi connectivity index (χ1) is 8.06. The first-order valence-corrected chi connectivity index (χ1v) is 6.57. The molecule has 0 spiro atoms. The summed E-state index contributed by atoms with van der Waals surface area (Å²) in [5, 5.41) is 3.60. The molecule has 1 aliphatic heterocycles. The molecule has 0 amide bonds. The van der Waals surface area contributed by atoms with Gasteiger partial charge in [0.1, 0.15) is 11.9 Å². The molecule has 1 aromatic rings. The number of hydrogen-bond acceptors (Lipinski definition) is 2. The minimum Gasteiger partial charge on any atom is -0.488 e. The van der Waals surface area contributed by atoms with Crippen LogP contribution in [0.2, 0.25) is 0 Å². The highest BCUT2D eigenvalue weighted by Crippen LogP contribution is 2.42. The first-order valence-electron chi connectivity index (χ1n) is 6.57. The van der Waals surface area contributed by atoms with Crippen molar-refractivity contribution in [1.82, 2.24) is 5.32 Å². The van der Waals surface area contributed by atoms with E-state index in [4.69, 9.17) is 4.74 Å². The van der Waals surface area contributed by atoms with Crippen molar-refractivity contribution >= 4 is 0 Å². The van der Waals surface area contributed by atoms with E-state index in [2.05, 4.69) is 46.0 Å². The Balaban J connectivity index is 2.42. The summed E-state index contributed by atoms with van der Waals surface area (Å²) >= 11 is 0. The van der Waals surface area contributed by atoms with Crippen LogP contribution in [0.1, 0.15) is 48.6 Å². The van der Waals surface area contributed by atoms with Gasteiger partial charge in [0.05, 0.1) is 6.04 Å². The summed E-state index contributed by atoms with van der Waals surface area (Å²) in [5.74, 6) is 1.11. The largest absolute Gasteiger partial charge is 0.488 e. The molecule has 1 aliphatic rings. The van der Waals surface area contributed by atoms with E-state index in [0.29, 0.717) is 6.04 Å². The van der Waals surface area contributed by atoms with Gasteiger partial charge in [0.25, 0.3) is 0 Å². The smallest absolute Gasteiger partial charge is 0.128 e. The lowest BCUT2D eigenvalue weighted by atomic mass is 9.94. The summed E-state index contributed by atoms with van der Waals surface area (Å²) < 4.78 is 6.05. The lowest BCUT2D eigenvalue weighted by molar-refractivity contribution is 0.208. The highest BCUT2D eigenvalue weighted by molar-refractivity contribution is 5.53. The van der Waals surface area contributed by atoms with Crippen molar-refractivity contribution in [3.63, 3.8) is 0 Å². The number of nitrogens with one attached hydrogen (secondary N) is 1. The van der Waals surface area contributed by atoms with Crippen molar-refractivity contribution in [2.24, 2.45) is 0 Å². The fourth-order valence-corrected chi connectivity index (χ4v) is 2.67. The maximum absolute atomic E-state index is 6.05. The molecule has 0 saturated carbocycles. The number of rotatable bonds is 3. The van der Waals surface area contributed by atoms with Crippen LogP contribution in [-0.2, 0) is 0 Å². The third-order valence-electron chi connectivity index (χ3n) is 3.73. The Kier molecular flexibility index (Phi) is 3.43. The highest BCUT2D eigenvalue weighted by atomic mass is 16.5. The lowest BCUT2D eigenvalue weighted by Crippen LogP contribution is -2.29. The molecule has 2 nitrogen and oxygen atoms in total. The van der Waals surface area contributed by atoms with Gasteiger partial charge < -0.3 is 10.1 Å². The number of hydrogen-bond donors (Lipinski definition) is 1. The van der Waals surface area contributed by atoms with Crippen molar-refractivity contribution in [3.05, 3.63) is 28.3 Å². The number of benzene rings is 1. The molecule has 1 N–H and O–H groups in total. The highest BCUT2D eigenvalue weighted by Gasteiger charge is 2.33. The summed E-state index contributed by atoms with van der Waals surface area (Å²) in [6.07, 6.45) is 1.39. The van der Waals surface area contributed by atoms with Gasteiger partial charge in [-0.15, -0.1) is 0 Å². The topological polar surface area (TPSA) is 21.3 Å². The van der Waals surface area contributed by atoms with Crippen LogP contribution in [0.4, 0.5) is 0 Å². The Morgan fingerprint density at radius 2 is 1.94 bits per heavy atom. The quantitative estimate of drug-likeness (QED) is 0.863. The summed E-state index contributed by atoms with van der Waals surface area (Å²) in [6.45, 7) is 11.9. The van der Waals surface area contributed by atoms with Crippen molar-refractivity contribution in [2.45, 2.75) is 53.2 Å². The molecule has 94 valence electrons. The number of aryl methyl sites for hydroxylation is 2. The Morgan fingerprint density at radius 1 is 1.24 bits per heavy atom. The average molecular weight is 233 g/mol. The molecule has 2 atom stereocenters. The standard InChI is InChI=1S/C15H23NO/c1-6-7-16-14-12(5)17-15-11(4)9(2)8-10(3)13(14)15/h8,12,14,16H,6-7H2,1-5H3. The molecule has 2 heteroatoms. The van der Waals surface area contributed by atoms with Crippen LogP contribution in [0, 0.1) is 20.8 Å². The lowest BCUT2D eigenvalue weighted by Gasteiger charge is -2.17. The van der Waals surface area contributed by atoms with Gasteiger partial charge in [0.2, 0.25) is 0 Å². The van der Waals surface area contributed by atoms with E-state index in [9.17, 15) is 0 Å². The Bertz CT molecular complexity index is 425. The normalized spacial score (nSPS) is 22.4. The minimum absolute atomic E-state index is 0.232. The van der Waals surface area contributed by atoms with Gasteiger partial charge in [0.15, 0.2) is 0 Å². The summed E-state index contributed by atoms with van der Waals surface area (Å²) in [5.41, 5.74) is 5.33. The number of ether oxygens (including phenoxy) is 1. The van der Waals surface area contributed by atoms with E-state index in [0.717, 1.165) is 18.7 Å². The summed E-state index contributed by atoms with van der Waals surface area (Å²) in [6, 6.07) is 2.63. The number of fused-ring (bicyclic) bond motifs is 1. The van der Waals surface area contributed by atoms with Gasteiger partial charge in [-0.3, -0.25) is 0 Å². The van der Waals surface area contributed by atoms with Crippen LogP contribution in [0.25, 0.3) is 0 Å². The van der Waals surface area contributed by atoms with Crippen LogP contribution in [0.5, 0.6) is 5.75 Å². The molecule has 0 aliphatic carbocycles. The zero-order valence-corrected chi connectivity index (χ0v) is 11.6. The second kappa shape index (κ2) is 4.69. The molecular weight excluding hydrogens is 210 g/mol. The van der Waals surface area contributed by atoms with Crippen LogP contribution >= 0.6 is 0 Å². The van der Waals surface area contributed by atoms with Gasteiger partial charge in [-0.2, -0.15) is 0 Å². The predicted octanol–water partition coefficient (Wildman–Crippen LogP) is 3.43. The van der Waals surface area contributed by atoms with Gasteiger partial charge >= 0.3 is 0 Å². The summed E-state index contributed by atoms with van der Waals surface area (Å²) in [7, 11) is 0. The Morgan fingerprint density at radius 3 is 2.59 bits per heavy atom. The van der Waals surface area contributed by atoms with E-state index in [1.807, 2.05) is 0 Å². The molecule has 0 fully saturated rings. The third kappa shape index (κ3) is 2.06. The predicted molar refractivity (Wildman–Crippen MR) is 71.8 cm³/mol. The molecule has 0 saturated heterocycles. The maximum Gasteiger partial charge on any atom is 0.128 e. The van der Waals surface area contributed by atoms with Crippen molar-refractivity contribution in [1.29, 1.82) is 0 Å². The average Bonchev–Trinajstić information content (AvgIpc) is 2.61. The fraction of sp³-hybridized carbons (Fsp3) is 0.600. The van der Waals surface area contributed by atoms with Crippen LogP contribution in [0.15, 0.2) is 6.07 Å². The zero-order valence-electron chi connectivity index (χ0n) is 11.6. The molecule has 1 aromatic carbocycles. The molecule has 0 radical (unpaired) electrons. The molecule has 17 heavy (non-hydrogen) atoms. The molecule has 1 heterocycles. The van der Waals surface area contributed by atoms with E-state index >= 15 is 0 Å². The second-order valence-corrected chi connectivity index (χ2v) is 5.13. The van der Waals surface area contributed by atoms with E-state index < -0.39 is 0 Å². The molecule has 0 bridgehead atoms. The molecular formula is C15H23NO. The van der Waals surface area contributed by atoms with E-state index in [1.54, 1.807) is 0 Å². The Labute approximate surface area is 104 Å². The SMILES string of the molecule is CCCNC1c2c(C)cc(C)c(C)c2OC1C. The van der Waals surface area contributed by atoms with Gasteiger partial charge in [-0.05, 0) is 57.4 Å². The van der Waals surface area contributed by atoms with E-state index in [1.165, 1.54) is 22.3 Å². The fourth-order valence-electron chi connectivity index (χ4n) is 2.67. The molecule has 0 aromatic heterocycles. The van der Waals surface area contributed by atoms with Crippen LogP contribution in [-0.4, -0.2) is 12.6 Å². The van der Waals surface area contributed by atoms with E-state index in [-0.39, 0.29) is 6.10 Å². The molecule has 2 rings (SSSR count). The minimum atomic E-state index is 0.232. The van der Waals surface area contributed by atoms with Gasteiger partial charge in [0, 0.05) is 5.56 Å². The van der Waals surface area contributed by atoms with Gasteiger partial charge in [-0.25, -0.2) is 0 Å². The monoisotopic (exact) mass is 233 g/mol. The first kappa shape index (κ1) is 12.4. The summed E-state index contributed by atoms with van der Waals surface area (Å²) in [4.78, 5) is 0. The second-order valence-electron chi connectivity index (χ2n) is 5.13. The Hall–Kier alpha value is -1.02. The third-order valence-corrected chi connectivity index (χ3v) is 3.73. The van der Waals surface area contributed by atoms with Crippen LogP contribution in [0.3, 0.4) is 0 Å². The van der Waals surface area contributed by atoms with Crippen molar-refractivity contribution < 1.29 is 4.74 Å². The van der Waals surface area contributed by atoms with Crippen molar-refractivity contribution in [3.8, 4) is 5.75 Å². The van der Waals surface area contributed by atoms with Crippen molar-refractivity contribution in [2.75, 3.05) is 6.54 Å². The zero-order chi connectivity index (χ0) is 12.6. The van der Waals surface area contributed by atoms with Gasteiger partial charge in [-0.1, -0.05) is 13.0 Å². The van der Waals surface area contributed by atoms with Crippen LogP contribution < -0.4 is 10.1 Å². The molecule has 2 unspecified atom stereocenters.